The number of phenolic OH excluding ortho intramolecular Hbond substituents is 1. The first-order valence-corrected chi connectivity index (χ1v) is 4.77. The number of anilines is 2. The number of phenols is 1. The Morgan fingerprint density at radius 3 is 2.47 bits per heavy atom. The Balaban J connectivity index is 2.37. The number of para-hydroxylation sites is 2. The summed E-state index contributed by atoms with van der Waals surface area (Å²) in [5, 5.41) is 9.67. The van der Waals surface area contributed by atoms with Crippen molar-refractivity contribution in [3.63, 3.8) is 0 Å². The molecule has 0 spiro atoms. The molecule has 15 heavy (non-hydrogen) atoms. The minimum atomic E-state index is 0.240. The number of aromatic hydroxyl groups is 1. The van der Waals surface area contributed by atoms with Crippen LogP contribution in [0.25, 0.3) is 0 Å². The Morgan fingerprint density at radius 1 is 1.07 bits per heavy atom. The van der Waals surface area contributed by atoms with Crippen LogP contribution in [0.5, 0.6) is 5.75 Å². The molecule has 0 aliphatic carbocycles. The van der Waals surface area contributed by atoms with Crippen molar-refractivity contribution in [2.75, 3.05) is 11.9 Å². The lowest BCUT2D eigenvalue weighted by molar-refractivity contribution is 0.476. The monoisotopic (exact) mass is 198 g/mol. The van der Waals surface area contributed by atoms with E-state index in [1.807, 2.05) is 42.3 Å². The zero-order valence-electron chi connectivity index (χ0n) is 8.51. The fourth-order valence-electron chi connectivity index (χ4n) is 1.47. The van der Waals surface area contributed by atoms with Crippen LogP contribution in [0.1, 0.15) is 0 Å². The average molecular weight is 198 g/mol. The van der Waals surface area contributed by atoms with Gasteiger partial charge in [-0.1, -0.05) is 30.3 Å². The molecule has 1 N–H and O–H groups in total. The third kappa shape index (κ3) is 1.94. The molecule has 0 fully saturated rings. The highest BCUT2D eigenvalue weighted by molar-refractivity contribution is 5.67. The van der Waals surface area contributed by atoms with Crippen LogP contribution < -0.4 is 4.90 Å². The van der Waals surface area contributed by atoms with Gasteiger partial charge in [0.1, 0.15) is 5.75 Å². The molecule has 2 rings (SSSR count). The van der Waals surface area contributed by atoms with Gasteiger partial charge >= 0.3 is 0 Å². The van der Waals surface area contributed by atoms with Crippen LogP contribution >= 0.6 is 0 Å². The van der Waals surface area contributed by atoms with Crippen molar-refractivity contribution in [1.82, 2.24) is 0 Å². The van der Waals surface area contributed by atoms with E-state index in [4.69, 9.17) is 0 Å². The largest absolute Gasteiger partial charge is 0.506 e. The van der Waals surface area contributed by atoms with Gasteiger partial charge in [0.05, 0.1) is 5.69 Å². The molecule has 0 saturated carbocycles. The molecule has 2 aromatic rings. The average Bonchev–Trinajstić information content (AvgIpc) is 2.30. The summed E-state index contributed by atoms with van der Waals surface area (Å²) in [6.45, 7) is 0. The lowest BCUT2D eigenvalue weighted by Gasteiger charge is -2.19. The molecule has 0 atom stereocenters. The van der Waals surface area contributed by atoms with Crippen molar-refractivity contribution >= 4 is 11.4 Å². The SMILES string of the molecule is CN(c1ccccc1)c1[c]cccc1O. The maximum atomic E-state index is 9.67. The quantitative estimate of drug-likeness (QED) is 0.801. The third-order valence-electron chi connectivity index (χ3n) is 2.29. The molecule has 0 amide bonds. The molecule has 75 valence electrons. The van der Waals surface area contributed by atoms with Crippen LogP contribution in [0.2, 0.25) is 0 Å². The van der Waals surface area contributed by atoms with Crippen LogP contribution in [-0.2, 0) is 0 Å². The predicted octanol–water partition coefficient (Wildman–Crippen LogP) is 2.96. The van der Waals surface area contributed by atoms with Gasteiger partial charge in [-0.05, 0) is 18.2 Å². The van der Waals surface area contributed by atoms with E-state index in [2.05, 4.69) is 6.07 Å². The van der Waals surface area contributed by atoms with E-state index in [0.29, 0.717) is 5.69 Å². The van der Waals surface area contributed by atoms with Gasteiger partial charge in [-0.2, -0.15) is 0 Å². The smallest absolute Gasteiger partial charge is 0.139 e. The summed E-state index contributed by atoms with van der Waals surface area (Å²) >= 11 is 0. The maximum absolute atomic E-state index is 9.67. The van der Waals surface area contributed by atoms with E-state index >= 15 is 0 Å². The summed E-state index contributed by atoms with van der Waals surface area (Å²) in [6.07, 6.45) is 0. The van der Waals surface area contributed by atoms with Gasteiger partial charge in [0, 0.05) is 18.8 Å². The first-order valence-electron chi connectivity index (χ1n) is 4.77. The van der Waals surface area contributed by atoms with E-state index < -0.39 is 0 Å². The van der Waals surface area contributed by atoms with E-state index in [-0.39, 0.29) is 5.75 Å². The van der Waals surface area contributed by atoms with Crippen molar-refractivity contribution < 1.29 is 5.11 Å². The summed E-state index contributed by atoms with van der Waals surface area (Å²) in [4.78, 5) is 1.90. The van der Waals surface area contributed by atoms with Crippen LogP contribution in [0.15, 0.2) is 48.5 Å². The van der Waals surface area contributed by atoms with Gasteiger partial charge < -0.3 is 10.0 Å². The molecule has 2 heteroatoms. The Hall–Kier alpha value is -1.96. The van der Waals surface area contributed by atoms with E-state index in [0.717, 1.165) is 5.69 Å². The second-order valence-corrected chi connectivity index (χ2v) is 3.30. The van der Waals surface area contributed by atoms with E-state index in [1.165, 1.54) is 0 Å². The molecule has 0 saturated heterocycles. The summed E-state index contributed by atoms with van der Waals surface area (Å²) < 4.78 is 0. The molecular weight excluding hydrogens is 186 g/mol. The van der Waals surface area contributed by atoms with Crippen molar-refractivity contribution in [3.05, 3.63) is 54.6 Å². The number of rotatable bonds is 2. The lowest BCUT2D eigenvalue weighted by atomic mass is 10.2. The highest BCUT2D eigenvalue weighted by Crippen LogP contribution is 2.30. The van der Waals surface area contributed by atoms with Crippen molar-refractivity contribution in [1.29, 1.82) is 0 Å². The molecule has 2 aromatic carbocycles. The molecule has 0 heterocycles. The maximum Gasteiger partial charge on any atom is 0.139 e. The molecule has 0 unspecified atom stereocenters. The number of hydrogen-bond donors (Lipinski definition) is 1. The standard InChI is InChI=1S/C13H12NO/c1-14(11-7-3-2-4-8-11)12-9-5-6-10-13(12)15/h2-8,10,15H,1H3. The molecule has 0 aromatic heterocycles. The van der Waals surface area contributed by atoms with Crippen LogP contribution in [0.4, 0.5) is 11.4 Å². The van der Waals surface area contributed by atoms with Gasteiger partial charge in [0.25, 0.3) is 0 Å². The zero-order chi connectivity index (χ0) is 10.7. The van der Waals surface area contributed by atoms with Gasteiger partial charge in [0.2, 0.25) is 0 Å². The number of hydrogen-bond acceptors (Lipinski definition) is 2. The highest BCUT2D eigenvalue weighted by atomic mass is 16.3. The molecule has 0 aliphatic rings. The van der Waals surface area contributed by atoms with Gasteiger partial charge in [0.15, 0.2) is 0 Å². The summed E-state index contributed by atoms with van der Waals surface area (Å²) in [6, 6.07) is 18.1. The summed E-state index contributed by atoms with van der Waals surface area (Å²) in [7, 11) is 1.90. The normalized spacial score (nSPS) is 9.93. The Kier molecular flexibility index (Phi) is 2.59. The first-order chi connectivity index (χ1) is 7.29. The minimum absolute atomic E-state index is 0.240. The molecule has 0 aliphatic heterocycles. The lowest BCUT2D eigenvalue weighted by Crippen LogP contribution is -2.09. The second-order valence-electron chi connectivity index (χ2n) is 3.30. The molecule has 0 bridgehead atoms. The predicted molar refractivity (Wildman–Crippen MR) is 61.4 cm³/mol. The van der Waals surface area contributed by atoms with Gasteiger partial charge in [-0.25, -0.2) is 0 Å². The van der Waals surface area contributed by atoms with Crippen molar-refractivity contribution in [2.24, 2.45) is 0 Å². The topological polar surface area (TPSA) is 23.5 Å². The first kappa shape index (κ1) is 9.59. The number of benzene rings is 2. The third-order valence-corrected chi connectivity index (χ3v) is 2.29. The second kappa shape index (κ2) is 4.05. The van der Waals surface area contributed by atoms with Crippen molar-refractivity contribution in [3.8, 4) is 5.75 Å². The Morgan fingerprint density at radius 2 is 1.80 bits per heavy atom. The molecule has 2 nitrogen and oxygen atoms in total. The van der Waals surface area contributed by atoms with Gasteiger partial charge in [-0.3, -0.25) is 0 Å². The van der Waals surface area contributed by atoms with Crippen molar-refractivity contribution in [2.45, 2.75) is 0 Å². The van der Waals surface area contributed by atoms with Crippen LogP contribution in [0, 0.1) is 6.07 Å². The number of nitrogens with zero attached hydrogens (tertiary/aromatic N) is 1. The zero-order valence-corrected chi connectivity index (χ0v) is 8.51. The fraction of sp³-hybridized carbons (Fsp3) is 0.0769. The Bertz CT molecular complexity index is 439. The molecular formula is C13H12NO. The van der Waals surface area contributed by atoms with E-state index in [1.54, 1.807) is 18.2 Å². The van der Waals surface area contributed by atoms with Gasteiger partial charge in [-0.15, -0.1) is 0 Å². The highest BCUT2D eigenvalue weighted by Gasteiger charge is 2.06. The molecule has 1 radical (unpaired) electrons. The van der Waals surface area contributed by atoms with E-state index in [9.17, 15) is 5.11 Å². The summed E-state index contributed by atoms with van der Waals surface area (Å²) in [5.74, 6) is 0.240. The fourth-order valence-corrected chi connectivity index (χ4v) is 1.47. The minimum Gasteiger partial charge on any atom is -0.506 e. The summed E-state index contributed by atoms with van der Waals surface area (Å²) in [5.41, 5.74) is 1.71. The van der Waals surface area contributed by atoms with Crippen LogP contribution in [0.3, 0.4) is 0 Å². The Labute approximate surface area is 89.4 Å². The van der Waals surface area contributed by atoms with Crippen LogP contribution in [-0.4, -0.2) is 12.2 Å².